The van der Waals surface area contributed by atoms with Gasteiger partial charge in [0.2, 0.25) is 0 Å². The number of benzene rings is 1. The first kappa shape index (κ1) is 21.5. The van der Waals surface area contributed by atoms with Crippen molar-refractivity contribution in [1.82, 2.24) is 9.97 Å². The Morgan fingerprint density at radius 2 is 2.00 bits per heavy atom. The second-order valence-corrected chi connectivity index (χ2v) is 6.84. The Kier molecular flexibility index (Phi) is 5.93. The van der Waals surface area contributed by atoms with E-state index < -0.39 is 24.3 Å². The highest BCUT2D eigenvalue weighted by atomic mass is 19.4. The third-order valence-electron chi connectivity index (χ3n) is 4.55. The van der Waals surface area contributed by atoms with Gasteiger partial charge in [0.05, 0.1) is 12.1 Å². The van der Waals surface area contributed by atoms with Gasteiger partial charge in [0.1, 0.15) is 18.3 Å². The van der Waals surface area contributed by atoms with Crippen molar-refractivity contribution in [2.24, 2.45) is 0 Å². The minimum Gasteiger partial charge on any atom is -0.406 e. The molecule has 0 saturated carbocycles. The van der Waals surface area contributed by atoms with E-state index in [4.69, 9.17) is 4.74 Å². The number of alkyl halides is 3. The highest BCUT2D eigenvalue weighted by molar-refractivity contribution is 6.05. The van der Waals surface area contributed by atoms with Gasteiger partial charge in [0.15, 0.2) is 6.29 Å². The van der Waals surface area contributed by atoms with Crippen LogP contribution in [0.1, 0.15) is 10.4 Å². The zero-order chi connectivity index (χ0) is 22.7. The molecular formula is C21H17F3N4O4. The fourth-order valence-corrected chi connectivity index (χ4v) is 3.13. The smallest absolute Gasteiger partial charge is 0.406 e. The van der Waals surface area contributed by atoms with E-state index in [0.717, 1.165) is 12.1 Å². The summed E-state index contributed by atoms with van der Waals surface area (Å²) in [6, 6.07) is 9.97. The fourth-order valence-electron chi connectivity index (χ4n) is 3.13. The van der Waals surface area contributed by atoms with Gasteiger partial charge in [0.25, 0.3) is 5.91 Å². The standard InChI is InChI=1S/C21H17F3N4O4/c22-21(23,24)32-16-5-3-15(4-6-16)27-20(30)14-8-17(13-2-1-7-25-9-13)19(26-10-14)28-11-18(29)31-12-28/h1-10,18,29H,11-12H2,(H,27,30). The van der Waals surface area contributed by atoms with E-state index in [1.807, 2.05) is 6.07 Å². The van der Waals surface area contributed by atoms with Crippen LogP contribution >= 0.6 is 0 Å². The second-order valence-electron chi connectivity index (χ2n) is 6.84. The molecule has 32 heavy (non-hydrogen) atoms. The normalized spacial score (nSPS) is 16.1. The lowest BCUT2D eigenvalue weighted by Crippen LogP contribution is -2.23. The van der Waals surface area contributed by atoms with Crippen LogP contribution in [0.15, 0.2) is 61.1 Å². The summed E-state index contributed by atoms with van der Waals surface area (Å²) in [7, 11) is 0. The van der Waals surface area contributed by atoms with E-state index in [-0.39, 0.29) is 24.5 Å². The Balaban J connectivity index is 1.57. The number of nitrogens with one attached hydrogen (secondary N) is 1. The first-order chi connectivity index (χ1) is 15.3. The predicted octanol–water partition coefficient (Wildman–Crippen LogP) is 3.41. The van der Waals surface area contributed by atoms with Gasteiger partial charge in [-0.3, -0.25) is 9.78 Å². The Hall–Kier alpha value is -3.70. The molecule has 1 amide bonds. The molecule has 1 aromatic carbocycles. The molecule has 0 bridgehead atoms. The lowest BCUT2D eigenvalue weighted by atomic mass is 10.1. The van der Waals surface area contributed by atoms with Crippen LogP contribution < -0.4 is 15.0 Å². The number of rotatable bonds is 5. The Bertz CT molecular complexity index is 1090. The number of hydrogen-bond acceptors (Lipinski definition) is 7. The summed E-state index contributed by atoms with van der Waals surface area (Å²) in [5.41, 5.74) is 1.83. The molecule has 3 heterocycles. The van der Waals surface area contributed by atoms with Crippen LogP contribution in [0.4, 0.5) is 24.7 Å². The summed E-state index contributed by atoms with van der Waals surface area (Å²) < 4.78 is 45.9. The number of hydrogen-bond donors (Lipinski definition) is 2. The van der Waals surface area contributed by atoms with E-state index in [0.29, 0.717) is 16.9 Å². The van der Waals surface area contributed by atoms with Gasteiger partial charge in [0, 0.05) is 35.4 Å². The molecule has 0 aliphatic carbocycles. The first-order valence-electron chi connectivity index (χ1n) is 9.41. The molecular weight excluding hydrogens is 429 g/mol. The maximum absolute atomic E-state index is 12.7. The van der Waals surface area contributed by atoms with E-state index in [1.54, 1.807) is 29.4 Å². The van der Waals surface area contributed by atoms with Gasteiger partial charge in [-0.1, -0.05) is 6.07 Å². The number of aliphatic hydroxyl groups is 1. The fraction of sp³-hybridized carbons (Fsp3) is 0.190. The monoisotopic (exact) mass is 446 g/mol. The van der Waals surface area contributed by atoms with Crippen molar-refractivity contribution < 1.29 is 32.5 Å². The quantitative estimate of drug-likeness (QED) is 0.620. The summed E-state index contributed by atoms with van der Waals surface area (Å²) in [5, 5.41) is 12.3. The number of anilines is 2. The van der Waals surface area contributed by atoms with Crippen molar-refractivity contribution in [3.63, 3.8) is 0 Å². The van der Waals surface area contributed by atoms with Gasteiger partial charge < -0.3 is 24.8 Å². The molecule has 1 fully saturated rings. The number of nitrogens with zero attached hydrogens (tertiary/aromatic N) is 3. The summed E-state index contributed by atoms with van der Waals surface area (Å²) in [5.74, 6) is -0.383. The maximum Gasteiger partial charge on any atom is 0.573 e. The summed E-state index contributed by atoms with van der Waals surface area (Å²) in [4.78, 5) is 23.0. The van der Waals surface area contributed by atoms with Crippen molar-refractivity contribution in [1.29, 1.82) is 0 Å². The number of ether oxygens (including phenoxy) is 2. The molecule has 1 unspecified atom stereocenters. The third kappa shape index (κ3) is 5.13. The molecule has 1 saturated heterocycles. The average Bonchev–Trinajstić information content (AvgIpc) is 3.20. The number of aromatic nitrogens is 2. The van der Waals surface area contributed by atoms with Gasteiger partial charge >= 0.3 is 6.36 Å². The van der Waals surface area contributed by atoms with Gasteiger partial charge in [-0.25, -0.2) is 4.98 Å². The van der Waals surface area contributed by atoms with Crippen LogP contribution in [0.25, 0.3) is 11.1 Å². The minimum absolute atomic E-state index is 0.138. The maximum atomic E-state index is 12.7. The van der Waals surface area contributed by atoms with E-state index >= 15 is 0 Å². The summed E-state index contributed by atoms with van der Waals surface area (Å²) in [6.45, 7) is 0.359. The van der Waals surface area contributed by atoms with Gasteiger partial charge in [-0.05, 0) is 36.4 Å². The Morgan fingerprint density at radius 3 is 2.62 bits per heavy atom. The van der Waals surface area contributed by atoms with Crippen molar-refractivity contribution >= 4 is 17.4 Å². The number of aliphatic hydroxyl groups excluding tert-OH is 1. The Morgan fingerprint density at radius 1 is 1.22 bits per heavy atom. The minimum atomic E-state index is -4.79. The molecule has 1 aliphatic rings. The molecule has 1 aliphatic heterocycles. The number of carbonyl (C=O) groups excluding carboxylic acids is 1. The first-order valence-corrected chi connectivity index (χ1v) is 9.41. The number of carbonyl (C=O) groups is 1. The van der Waals surface area contributed by atoms with Crippen molar-refractivity contribution in [3.8, 4) is 16.9 Å². The molecule has 2 N–H and O–H groups in total. The van der Waals surface area contributed by atoms with E-state index in [9.17, 15) is 23.1 Å². The van der Waals surface area contributed by atoms with Gasteiger partial charge in [-0.2, -0.15) is 0 Å². The average molecular weight is 446 g/mol. The lowest BCUT2D eigenvalue weighted by molar-refractivity contribution is -0.274. The third-order valence-corrected chi connectivity index (χ3v) is 4.55. The molecule has 2 aromatic heterocycles. The molecule has 3 aromatic rings. The zero-order valence-corrected chi connectivity index (χ0v) is 16.4. The highest BCUT2D eigenvalue weighted by Crippen LogP contribution is 2.31. The molecule has 8 nitrogen and oxygen atoms in total. The van der Waals surface area contributed by atoms with Crippen LogP contribution in [0, 0.1) is 0 Å². The molecule has 4 rings (SSSR count). The zero-order valence-electron chi connectivity index (χ0n) is 16.4. The van der Waals surface area contributed by atoms with Crippen LogP contribution in [0.5, 0.6) is 5.75 Å². The number of pyridine rings is 2. The largest absolute Gasteiger partial charge is 0.573 e. The highest BCUT2D eigenvalue weighted by Gasteiger charge is 2.31. The summed E-state index contributed by atoms with van der Waals surface area (Å²) in [6.07, 6.45) is -1.13. The van der Waals surface area contributed by atoms with Crippen LogP contribution in [-0.4, -0.2) is 46.9 Å². The number of β-amino-alcohol motifs (C(OH)–C–C–N with tert-alkyl or cyclic N) is 1. The van der Waals surface area contributed by atoms with Crippen molar-refractivity contribution in [3.05, 3.63) is 66.6 Å². The Labute approximate surface area is 180 Å². The van der Waals surface area contributed by atoms with E-state index in [1.165, 1.54) is 18.3 Å². The molecule has 166 valence electrons. The van der Waals surface area contributed by atoms with Crippen LogP contribution in [0.2, 0.25) is 0 Å². The summed E-state index contributed by atoms with van der Waals surface area (Å²) >= 11 is 0. The second kappa shape index (κ2) is 8.81. The number of halogens is 3. The van der Waals surface area contributed by atoms with Gasteiger partial charge in [-0.15, -0.1) is 13.2 Å². The number of amides is 1. The topological polar surface area (TPSA) is 96.8 Å². The van der Waals surface area contributed by atoms with Crippen LogP contribution in [0.3, 0.4) is 0 Å². The SMILES string of the molecule is O=C(Nc1ccc(OC(F)(F)F)cc1)c1cnc(N2COC(O)C2)c(-c2cccnc2)c1. The molecule has 1 atom stereocenters. The van der Waals surface area contributed by atoms with Crippen molar-refractivity contribution in [2.75, 3.05) is 23.5 Å². The van der Waals surface area contributed by atoms with E-state index in [2.05, 4.69) is 20.0 Å². The predicted molar refractivity (Wildman–Crippen MR) is 108 cm³/mol. The van der Waals surface area contributed by atoms with Crippen LogP contribution in [-0.2, 0) is 4.74 Å². The molecule has 11 heteroatoms. The molecule has 0 radical (unpaired) electrons. The lowest BCUT2D eigenvalue weighted by Gasteiger charge is -2.19. The van der Waals surface area contributed by atoms with Crippen molar-refractivity contribution in [2.45, 2.75) is 12.7 Å². The molecule has 0 spiro atoms.